The molecule has 5 rings (SSSR count). The molecule has 2 aromatic carbocycles. The van der Waals surface area contributed by atoms with Crippen LogP contribution in [-0.4, -0.2) is 52.2 Å². The number of para-hydroxylation sites is 1. The molecule has 0 amide bonds. The zero-order valence-corrected chi connectivity index (χ0v) is 17.7. The van der Waals surface area contributed by atoms with Crippen LogP contribution in [0.1, 0.15) is 13.3 Å². The second-order valence-electron chi connectivity index (χ2n) is 7.54. The average Bonchev–Trinajstić information content (AvgIpc) is 3.17. The molecule has 1 fully saturated rings. The highest BCUT2D eigenvalue weighted by atomic mass is 32.1. The van der Waals surface area contributed by atoms with Gasteiger partial charge in [0, 0.05) is 37.6 Å². The first kappa shape index (κ1) is 19.0. The lowest BCUT2D eigenvalue weighted by Gasteiger charge is -2.36. The third-order valence-electron chi connectivity index (χ3n) is 5.48. The Morgan fingerprint density at radius 1 is 1.07 bits per heavy atom. The predicted molar refractivity (Wildman–Crippen MR) is 123 cm³/mol. The van der Waals surface area contributed by atoms with Crippen molar-refractivity contribution < 1.29 is 0 Å². The van der Waals surface area contributed by atoms with E-state index in [-0.39, 0.29) is 5.56 Å². The van der Waals surface area contributed by atoms with E-state index in [1.54, 1.807) is 6.07 Å². The zero-order chi connectivity index (χ0) is 20.5. The zero-order valence-electron chi connectivity index (χ0n) is 16.9. The molecule has 0 unspecified atom stereocenters. The maximum Gasteiger partial charge on any atom is 0.283 e. The molecule has 0 radical (unpaired) electrons. The van der Waals surface area contributed by atoms with E-state index in [2.05, 4.69) is 50.3 Å². The highest BCUT2D eigenvalue weighted by molar-refractivity contribution is 7.20. The van der Waals surface area contributed by atoms with E-state index in [4.69, 9.17) is 0 Å². The molecule has 0 bridgehead atoms. The molecule has 2 aromatic heterocycles. The fraction of sp³-hybridized carbons (Fsp3) is 0.318. The summed E-state index contributed by atoms with van der Waals surface area (Å²) in [6.45, 7) is 7.69. The van der Waals surface area contributed by atoms with Crippen molar-refractivity contribution in [1.82, 2.24) is 19.5 Å². The van der Waals surface area contributed by atoms with Crippen LogP contribution in [0.2, 0.25) is 0 Å². The maximum absolute atomic E-state index is 12.7. The minimum absolute atomic E-state index is 0.140. The molecule has 1 aliphatic rings. The molecule has 3 heterocycles. The van der Waals surface area contributed by atoms with Crippen molar-refractivity contribution in [3.8, 4) is 0 Å². The van der Waals surface area contributed by atoms with Crippen molar-refractivity contribution in [3.05, 3.63) is 58.9 Å². The van der Waals surface area contributed by atoms with E-state index in [0.717, 1.165) is 31.9 Å². The lowest BCUT2D eigenvalue weighted by Crippen LogP contribution is -2.46. The molecule has 0 saturated carbocycles. The van der Waals surface area contributed by atoms with Crippen molar-refractivity contribution in [2.45, 2.75) is 13.3 Å². The van der Waals surface area contributed by atoms with Gasteiger partial charge in [0.1, 0.15) is 0 Å². The number of nitrogens with zero attached hydrogens (tertiary/aromatic N) is 5. The van der Waals surface area contributed by atoms with Crippen LogP contribution in [0.25, 0.3) is 15.9 Å². The second kappa shape index (κ2) is 8.04. The molecular weight excluding hydrogens is 396 g/mol. The molecule has 0 atom stereocenters. The Bertz CT molecular complexity index is 1240. The largest absolute Gasteiger partial charge is 0.369 e. The highest BCUT2D eigenvalue weighted by Crippen LogP contribution is 2.26. The fourth-order valence-electron chi connectivity index (χ4n) is 3.96. The first-order valence-corrected chi connectivity index (χ1v) is 11.2. The molecule has 0 spiro atoms. The van der Waals surface area contributed by atoms with Gasteiger partial charge in [0.05, 0.1) is 10.9 Å². The summed E-state index contributed by atoms with van der Waals surface area (Å²) in [5.74, 6) is 0. The van der Waals surface area contributed by atoms with Crippen LogP contribution >= 0.6 is 11.3 Å². The van der Waals surface area contributed by atoms with E-state index in [1.165, 1.54) is 34.5 Å². The standard InChI is InChI=1S/C22H24N6OS/c1-2-10-26-11-13-27(14-12-26)17-7-5-6-16(15-17)23-21-25-28-20(29)18-8-3-4-9-19(18)24-22(28)30-21/h3-9,15H,2,10-14H2,1H3,(H,23,25). The number of benzene rings is 2. The molecular formula is C22H24N6OS. The van der Waals surface area contributed by atoms with E-state index in [9.17, 15) is 4.79 Å². The molecule has 1 saturated heterocycles. The molecule has 1 aliphatic heterocycles. The molecule has 8 heteroatoms. The Hall–Kier alpha value is -2.97. The topological polar surface area (TPSA) is 65.8 Å². The first-order valence-electron chi connectivity index (χ1n) is 10.3. The quantitative estimate of drug-likeness (QED) is 0.532. The number of hydrogen-bond acceptors (Lipinski definition) is 7. The Balaban J connectivity index is 1.38. The average molecular weight is 421 g/mol. The molecule has 1 N–H and O–H groups in total. The summed E-state index contributed by atoms with van der Waals surface area (Å²) < 4.78 is 1.38. The van der Waals surface area contributed by atoms with E-state index < -0.39 is 0 Å². The van der Waals surface area contributed by atoms with Crippen molar-refractivity contribution in [2.24, 2.45) is 0 Å². The van der Waals surface area contributed by atoms with Crippen molar-refractivity contribution in [3.63, 3.8) is 0 Å². The summed E-state index contributed by atoms with van der Waals surface area (Å²) in [5.41, 5.74) is 2.72. The normalized spacial score (nSPS) is 15.2. The van der Waals surface area contributed by atoms with Gasteiger partial charge in [-0.25, -0.2) is 4.98 Å². The van der Waals surface area contributed by atoms with Crippen molar-refractivity contribution in [1.29, 1.82) is 0 Å². The molecule has 30 heavy (non-hydrogen) atoms. The van der Waals surface area contributed by atoms with Gasteiger partial charge in [0.15, 0.2) is 0 Å². The summed E-state index contributed by atoms with van der Waals surface area (Å²) in [6, 6.07) is 15.8. The smallest absolute Gasteiger partial charge is 0.283 e. The summed E-state index contributed by atoms with van der Waals surface area (Å²) in [6.07, 6.45) is 1.20. The van der Waals surface area contributed by atoms with Gasteiger partial charge in [0.2, 0.25) is 10.1 Å². The number of aromatic nitrogens is 3. The van der Waals surface area contributed by atoms with Crippen LogP contribution in [0.15, 0.2) is 53.3 Å². The van der Waals surface area contributed by atoms with Gasteiger partial charge in [-0.05, 0) is 43.3 Å². The fourth-order valence-corrected chi connectivity index (χ4v) is 4.77. The molecule has 0 aliphatic carbocycles. The molecule has 7 nitrogen and oxygen atoms in total. The van der Waals surface area contributed by atoms with Crippen molar-refractivity contribution >= 4 is 43.7 Å². The van der Waals surface area contributed by atoms with Gasteiger partial charge in [-0.3, -0.25) is 9.69 Å². The number of hydrogen-bond donors (Lipinski definition) is 1. The van der Waals surface area contributed by atoms with Gasteiger partial charge in [-0.2, -0.15) is 4.52 Å². The number of fused-ring (bicyclic) bond motifs is 2. The lowest BCUT2D eigenvalue weighted by molar-refractivity contribution is 0.258. The summed E-state index contributed by atoms with van der Waals surface area (Å²) >= 11 is 1.38. The SMILES string of the molecule is CCCN1CCN(c2cccc(Nc3nn4c(=O)c5ccccc5nc4s3)c2)CC1. The minimum atomic E-state index is -0.140. The molecule has 154 valence electrons. The Labute approximate surface area is 178 Å². The van der Waals surface area contributed by atoms with Crippen LogP contribution in [0, 0.1) is 0 Å². The third kappa shape index (κ3) is 3.64. The number of nitrogens with one attached hydrogen (secondary N) is 1. The monoisotopic (exact) mass is 420 g/mol. The minimum Gasteiger partial charge on any atom is -0.369 e. The lowest BCUT2D eigenvalue weighted by atomic mass is 10.2. The summed E-state index contributed by atoms with van der Waals surface area (Å²) in [4.78, 5) is 22.8. The van der Waals surface area contributed by atoms with Crippen LogP contribution < -0.4 is 15.8 Å². The highest BCUT2D eigenvalue weighted by Gasteiger charge is 2.17. The number of anilines is 3. The van der Waals surface area contributed by atoms with E-state index in [1.807, 2.05) is 24.3 Å². The number of rotatable bonds is 5. The van der Waals surface area contributed by atoms with Gasteiger partial charge in [-0.1, -0.05) is 36.5 Å². The van der Waals surface area contributed by atoms with Crippen LogP contribution in [0.4, 0.5) is 16.5 Å². The van der Waals surface area contributed by atoms with Gasteiger partial charge in [-0.15, -0.1) is 5.10 Å². The maximum atomic E-state index is 12.7. The third-order valence-corrected chi connectivity index (χ3v) is 6.30. The van der Waals surface area contributed by atoms with E-state index >= 15 is 0 Å². The van der Waals surface area contributed by atoms with Crippen molar-refractivity contribution in [2.75, 3.05) is 42.9 Å². The van der Waals surface area contributed by atoms with Crippen LogP contribution in [-0.2, 0) is 0 Å². The first-order chi connectivity index (χ1) is 14.7. The molecule has 4 aromatic rings. The van der Waals surface area contributed by atoms with E-state index in [0.29, 0.717) is 21.0 Å². The Kier molecular flexibility index (Phi) is 5.10. The van der Waals surface area contributed by atoms with Gasteiger partial charge >= 0.3 is 0 Å². The van der Waals surface area contributed by atoms with Crippen LogP contribution in [0.3, 0.4) is 0 Å². The Morgan fingerprint density at radius 2 is 1.90 bits per heavy atom. The Morgan fingerprint density at radius 3 is 2.73 bits per heavy atom. The predicted octanol–water partition coefficient (Wildman–Crippen LogP) is 3.58. The summed E-state index contributed by atoms with van der Waals surface area (Å²) in [7, 11) is 0. The van der Waals surface area contributed by atoms with Crippen LogP contribution in [0.5, 0.6) is 0 Å². The van der Waals surface area contributed by atoms with Gasteiger partial charge < -0.3 is 10.2 Å². The van der Waals surface area contributed by atoms with Gasteiger partial charge in [0.25, 0.3) is 5.56 Å². The second-order valence-corrected chi connectivity index (χ2v) is 8.50. The number of piperazine rings is 1. The summed E-state index contributed by atoms with van der Waals surface area (Å²) in [5, 5.41) is 9.05.